The zero-order valence-electron chi connectivity index (χ0n) is 31.0. The summed E-state index contributed by atoms with van der Waals surface area (Å²) in [6, 6.07) is 9.32. The van der Waals surface area contributed by atoms with Crippen LogP contribution in [-0.2, 0) is 38.3 Å². The summed E-state index contributed by atoms with van der Waals surface area (Å²) in [4.78, 5) is 88.5. The Kier molecular flexibility index (Phi) is 14.0. The molecule has 0 spiro atoms. The number of aliphatic hydroxyl groups is 2. The first-order valence-electron chi connectivity index (χ1n) is 17.3. The smallest absolute Gasteiger partial charge is 0.414 e. The summed E-state index contributed by atoms with van der Waals surface area (Å²) >= 11 is 0. The fourth-order valence-corrected chi connectivity index (χ4v) is 5.74. The number of rotatable bonds is 15. The molecule has 0 fully saturated rings. The van der Waals surface area contributed by atoms with Crippen molar-refractivity contribution in [2.24, 2.45) is 0 Å². The normalized spacial score (nSPS) is 16.7. The maximum atomic E-state index is 13.2. The molecule has 2 aromatic carbocycles. The predicted octanol–water partition coefficient (Wildman–Crippen LogP) is 2.64. The van der Waals surface area contributed by atoms with Crippen LogP contribution in [0.5, 0.6) is 11.5 Å². The van der Waals surface area contributed by atoms with Gasteiger partial charge < -0.3 is 48.6 Å². The SMILES string of the molecule is CCN(C)C(=O)Oc1ccc2c(c1)N(OC(=O)C(O)C(O)C(=O)ON1CC(CCC(=O)OC)c3ccc(OC(=O)N(C)CC)cc31)CC2CCC(=O)OC. The summed E-state index contributed by atoms with van der Waals surface area (Å²) in [5, 5.41) is 23.8. The van der Waals surface area contributed by atoms with E-state index in [1.165, 1.54) is 36.2 Å². The van der Waals surface area contributed by atoms with Crippen molar-refractivity contribution in [1.82, 2.24) is 9.80 Å². The third kappa shape index (κ3) is 9.87. The number of carbonyl (C=O) groups is 6. The van der Waals surface area contributed by atoms with E-state index in [0.717, 1.165) is 10.1 Å². The number of nitrogens with zero attached hydrogens (tertiary/aromatic N) is 4. The topological polar surface area (TPSA) is 211 Å². The Morgan fingerprint density at radius 3 is 1.39 bits per heavy atom. The zero-order chi connectivity index (χ0) is 39.7. The number of hydrogen-bond acceptors (Lipinski definition) is 16. The number of hydrogen-bond donors (Lipinski definition) is 2. The third-order valence-corrected chi connectivity index (χ3v) is 9.21. The second kappa shape index (κ2) is 18.4. The molecule has 18 nitrogen and oxygen atoms in total. The molecule has 4 atom stereocenters. The van der Waals surface area contributed by atoms with E-state index >= 15 is 0 Å². The van der Waals surface area contributed by atoms with Crippen LogP contribution in [0.25, 0.3) is 0 Å². The molecular formula is C36H46N4O14. The van der Waals surface area contributed by atoms with Gasteiger partial charge in [-0.05, 0) is 49.9 Å². The Morgan fingerprint density at radius 1 is 0.685 bits per heavy atom. The highest BCUT2D eigenvalue weighted by atomic mass is 16.7. The van der Waals surface area contributed by atoms with Gasteiger partial charge in [-0.2, -0.15) is 0 Å². The van der Waals surface area contributed by atoms with Crippen molar-refractivity contribution in [2.75, 3.05) is 64.6 Å². The van der Waals surface area contributed by atoms with E-state index in [-0.39, 0.29) is 49.3 Å². The van der Waals surface area contributed by atoms with Crippen molar-refractivity contribution in [1.29, 1.82) is 0 Å². The number of fused-ring (bicyclic) bond motifs is 2. The maximum absolute atomic E-state index is 13.2. The third-order valence-electron chi connectivity index (χ3n) is 9.21. The largest absolute Gasteiger partial charge is 0.469 e. The maximum Gasteiger partial charge on any atom is 0.414 e. The number of methoxy groups -OCH3 is 2. The van der Waals surface area contributed by atoms with Crippen molar-refractivity contribution < 1.29 is 67.6 Å². The molecule has 4 rings (SSSR count). The summed E-state index contributed by atoms with van der Waals surface area (Å²) in [6.45, 7) is 4.36. The van der Waals surface area contributed by atoms with Crippen molar-refractivity contribution in [2.45, 2.75) is 63.6 Å². The van der Waals surface area contributed by atoms with Crippen molar-refractivity contribution in [3.05, 3.63) is 47.5 Å². The summed E-state index contributed by atoms with van der Waals surface area (Å²) in [7, 11) is 5.63. The number of carbonyl (C=O) groups excluding carboxylic acids is 6. The molecule has 2 heterocycles. The van der Waals surface area contributed by atoms with Gasteiger partial charge in [0.1, 0.15) is 11.5 Å². The van der Waals surface area contributed by atoms with Crippen molar-refractivity contribution >= 4 is 47.4 Å². The monoisotopic (exact) mass is 758 g/mol. The Hall–Kier alpha value is -5.62. The summed E-state index contributed by atoms with van der Waals surface area (Å²) in [6.07, 6.45) is -5.38. The van der Waals surface area contributed by atoms with Crippen LogP contribution in [-0.4, -0.2) is 123 Å². The molecule has 2 amide bonds. The molecule has 18 heteroatoms. The Balaban J connectivity index is 1.49. The lowest BCUT2D eigenvalue weighted by Crippen LogP contribution is -2.45. The van der Waals surface area contributed by atoms with Crippen LogP contribution in [0.1, 0.15) is 62.5 Å². The van der Waals surface area contributed by atoms with Gasteiger partial charge in [0.15, 0.2) is 12.2 Å². The molecule has 0 bridgehead atoms. The molecule has 2 N–H and O–H groups in total. The van der Waals surface area contributed by atoms with Gasteiger partial charge in [-0.25, -0.2) is 29.3 Å². The standard InChI is InChI=1S/C36H46N4O14/c1-7-37(3)35(47)51-23-11-13-25-21(9-15-29(41)49-5)19-39(27(25)17-23)53-33(45)31(43)32(44)34(46)54-40-20-22(10-16-30(42)50-6)26-14-12-24(18-28(26)40)52-36(48)38(4)8-2/h11-14,17-18,21-22,31-32,43-44H,7-10,15-16,19-20H2,1-6H3. The highest BCUT2D eigenvalue weighted by Crippen LogP contribution is 2.43. The van der Waals surface area contributed by atoms with E-state index in [1.54, 1.807) is 52.2 Å². The number of esters is 2. The van der Waals surface area contributed by atoms with E-state index in [0.29, 0.717) is 48.4 Å². The van der Waals surface area contributed by atoms with Gasteiger partial charge in [-0.15, -0.1) is 0 Å². The summed E-state index contributed by atoms with van der Waals surface area (Å²) < 4.78 is 20.3. The second-order valence-corrected chi connectivity index (χ2v) is 12.7. The van der Waals surface area contributed by atoms with Crippen LogP contribution in [0.15, 0.2) is 36.4 Å². The van der Waals surface area contributed by atoms with Gasteiger partial charge in [-0.3, -0.25) is 9.59 Å². The zero-order valence-corrected chi connectivity index (χ0v) is 31.0. The molecule has 2 aliphatic heterocycles. The van der Waals surface area contributed by atoms with Crippen LogP contribution >= 0.6 is 0 Å². The van der Waals surface area contributed by atoms with E-state index < -0.39 is 48.3 Å². The van der Waals surface area contributed by atoms with Crippen LogP contribution < -0.4 is 19.6 Å². The average molecular weight is 759 g/mol. The highest BCUT2D eigenvalue weighted by Gasteiger charge is 2.40. The number of anilines is 2. The molecule has 0 saturated carbocycles. The van der Waals surface area contributed by atoms with E-state index in [1.807, 2.05) is 0 Å². The number of aliphatic hydroxyl groups excluding tert-OH is 2. The molecule has 0 aliphatic carbocycles. The van der Waals surface area contributed by atoms with Gasteiger partial charge in [0.2, 0.25) is 0 Å². The first-order chi connectivity index (χ1) is 25.7. The van der Waals surface area contributed by atoms with E-state index in [2.05, 4.69) is 0 Å². The Labute approximate surface area is 311 Å². The van der Waals surface area contributed by atoms with Gasteiger partial charge >= 0.3 is 36.1 Å². The second-order valence-electron chi connectivity index (χ2n) is 12.7. The average Bonchev–Trinajstić information content (AvgIpc) is 3.69. The van der Waals surface area contributed by atoms with Gasteiger partial charge in [0.05, 0.1) is 38.7 Å². The number of ether oxygens (including phenoxy) is 4. The number of hydroxylamine groups is 2. The lowest BCUT2D eigenvalue weighted by atomic mass is 9.96. The lowest BCUT2D eigenvalue weighted by Gasteiger charge is -2.24. The number of benzene rings is 2. The Morgan fingerprint density at radius 2 is 1.06 bits per heavy atom. The van der Waals surface area contributed by atoms with Gasteiger partial charge in [-0.1, -0.05) is 12.1 Å². The van der Waals surface area contributed by atoms with Gasteiger partial charge in [0.25, 0.3) is 0 Å². The highest BCUT2D eigenvalue weighted by molar-refractivity contribution is 5.87. The minimum atomic E-state index is -2.41. The molecule has 0 saturated heterocycles. The predicted molar refractivity (Wildman–Crippen MR) is 188 cm³/mol. The first-order valence-corrected chi connectivity index (χ1v) is 17.3. The first kappa shape index (κ1) is 41.1. The van der Waals surface area contributed by atoms with Crippen molar-refractivity contribution in [3.8, 4) is 11.5 Å². The molecule has 54 heavy (non-hydrogen) atoms. The van der Waals surface area contributed by atoms with E-state index in [4.69, 9.17) is 28.6 Å². The molecule has 2 aromatic rings. The number of amides is 2. The molecular weight excluding hydrogens is 712 g/mol. The fraction of sp³-hybridized carbons (Fsp3) is 0.500. The molecule has 0 radical (unpaired) electrons. The molecule has 4 unspecified atom stereocenters. The molecule has 2 aliphatic rings. The summed E-state index contributed by atoms with van der Waals surface area (Å²) in [5.41, 5.74) is 1.87. The van der Waals surface area contributed by atoms with Crippen LogP contribution in [0.4, 0.5) is 21.0 Å². The lowest BCUT2D eigenvalue weighted by molar-refractivity contribution is -0.174. The minimum absolute atomic E-state index is 0.0239. The fourth-order valence-electron chi connectivity index (χ4n) is 5.74. The van der Waals surface area contributed by atoms with Gasteiger partial charge in [0, 0.05) is 64.0 Å². The molecule has 0 aromatic heterocycles. The van der Waals surface area contributed by atoms with Crippen LogP contribution in [0, 0.1) is 0 Å². The molecule has 294 valence electrons. The van der Waals surface area contributed by atoms with Crippen molar-refractivity contribution in [3.63, 3.8) is 0 Å². The van der Waals surface area contributed by atoms with Crippen LogP contribution in [0.3, 0.4) is 0 Å². The quantitative estimate of drug-likeness (QED) is 0.250. The Bertz CT molecular complexity index is 1600. The van der Waals surface area contributed by atoms with E-state index in [9.17, 15) is 39.0 Å². The van der Waals surface area contributed by atoms with Crippen LogP contribution in [0.2, 0.25) is 0 Å². The minimum Gasteiger partial charge on any atom is -0.469 e. The summed E-state index contributed by atoms with van der Waals surface area (Å²) in [5.74, 6) is -4.15.